The monoisotopic (exact) mass is 308 g/mol. The van der Waals surface area contributed by atoms with E-state index in [1.165, 1.54) is 0 Å². The molecule has 3 rings (SSSR count). The summed E-state index contributed by atoms with van der Waals surface area (Å²) in [6, 6.07) is 7.05. The van der Waals surface area contributed by atoms with Crippen LogP contribution in [0.2, 0.25) is 0 Å². The van der Waals surface area contributed by atoms with Gasteiger partial charge in [-0.15, -0.1) is 0 Å². The topological polar surface area (TPSA) is 95.1 Å². The first-order valence-electron chi connectivity index (χ1n) is 6.93. The number of alkyl carbamates (subject to hydrolysis) is 2. The lowest BCUT2D eigenvalue weighted by molar-refractivity contribution is 0.103. The predicted octanol–water partition coefficient (Wildman–Crippen LogP) is 0.661. The Kier molecular flexibility index (Phi) is 4.17. The highest BCUT2D eigenvalue weighted by molar-refractivity contribution is 5.69. The third kappa shape index (κ3) is 3.72. The average molecular weight is 308 g/mol. The smallest absolute Gasteiger partial charge is 0.407 e. The number of hydrogen-bond donors (Lipinski definition) is 2. The van der Waals surface area contributed by atoms with Crippen molar-refractivity contribution in [1.82, 2.24) is 10.6 Å². The number of rotatable bonds is 6. The summed E-state index contributed by atoms with van der Waals surface area (Å²) in [6.07, 6.45) is -1.38. The van der Waals surface area contributed by atoms with Gasteiger partial charge in [0.2, 0.25) is 0 Å². The van der Waals surface area contributed by atoms with Crippen LogP contribution < -0.4 is 20.1 Å². The van der Waals surface area contributed by atoms with Gasteiger partial charge in [0.05, 0.1) is 13.1 Å². The molecule has 22 heavy (non-hydrogen) atoms. The van der Waals surface area contributed by atoms with Crippen LogP contribution in [0.4, 0.5) is 9.59 Å². The van der Waals surface area contributed by atoms with Gasteiger partial charge in [0, 0.05) is 0 Å². The number of carbonyl (C=O) groups is 2. The van der Waals surface area contributed by atoms with Gasteiger partial charge in [0.1, 0.15) is 24.7 Å². The van der Waals surface area contributed by atoms with Crippen molar-refractivity contribution in [3.63, 3.8) is 0 Å². The third-order valence-electron chi connectivity index (χ3n) is 3.19. The first-order chi connectivity index (χ1) is 10.7. The van der Waals surface area contributed by atoms with Crippen molar-refractivity contribution in [2.75, 3.05) is 26.3 Å². The van der Waals surface area contributed by atoms with Crippen LogP contribution >= 0.6 is 0 Å². The molecule has 2 atom stereocenters. The van der Waals surface area contributed by atoms with E-state index in [0.29, 0.717) is 37.8 Å². The molecule has 2 N–H and O–H groups in total. The van der Waals surface area contributed by atoms with E-state index in [9.17, 15) is 9.59 Å². The van der Waals surface area contributed by atoms with Crippen molar-refractivity contribution in [2.45, 2.75) is 12.2 Å². The van der Waals surface area contributed by atoms with Crippen LogP contribution in [0.5, 0.6) is 11.5 Å². The average Bonchev–Trinajstić information content (AvgIpc) is 3.12. The fourth-order valence-electron chi connectivity index (χ4n) is 2.06. The van der Waals surface area contributed by atoms with Crippen molar-refractivity contribution in [3.8, 4) is 11.5 Å². The highest BCUT2D eigenvalue weighted by Gasteiger charge is 2.23. The highest BCUT2D eigenvalue weighted by atomic mass is 16.6. The number of carbonyl (C=O) groups excluding carboxylic acids is 2. The maximum Gasteiger partial charge on any atom is 0.407 e. The Bertz CT molecular complexity index is 498. The Labute approximate surface area is 126 Å². The molecular formula is C14H16N2O6. The molecule has 0 bridgehead atoms. The summed E-state index contributed by atoms with van der Waals surface area (Å²) >= 11 is 0. The van der Waals surface area contributed by atoms with E-state index < -0.39 is 12.2 Å². The van der Waals surface area contributed by atoms with Gasteiger partial charge in [-0.25, -0.2) is 9.59 Å². The zero-order valence-electron chi connectivity index (χ0n) is 11.7. The van der Waals surface area contributed by atoms with Gasteiger partial charge in [0.25, 0.3) is 0 Å². The predicted molar refractivity (Wildman–Crippen MR) is 74.0 cm³/mol. The standard InChI is InChI=1S/C14H16N2O6/c17-13-15-5-11(21-13)7-19-9-1-2-10(4-3-9)20-8-12-6-16-14(18)22-12/h1-4,11-12H,5-8H2,(H,15,17)(H,16,18). The van der Waals surface area contributed by atoms with Crippen molar-refractivity contribution in [3.05, 3.63) is 24.3 Å². The summed E-state index contributed by atoms with van der Waals surface area (Å²) in [7, 11) is 0. The van der Waals surface area contributed by atoms with Gasteiger partial charge < -0.3 is 29.6 Å². The molecule has 2 aliphatic rings. The molecule has 2 unspecified atom stereocenters. The number of hydrogen-bond acceptors (Lipinski definition) is 6. The molecule has 118 valence electrons. The lowest BCUT2D eigenvalue weighted by Gasteiger charge is -2.12. The Balaban J connectivity index is 1.42. The fraction of sp³-hybridized carbons (Fsp3) is 0.429. The number of benzene rings is 1. The van der Waals surface area contributed by atoms with Crippen LogP contribution in [0.25, 0.3) is 0 Å². The summed E-state index contributed by atoms with van der Waals surface area (Å²) in [6.45, 7) is 1.49. The van der Waals surface area contributed by atoms with E-state index in [2.05, 4.69) is 10.6 Å². The number of cyclic esters (lactones) is 2. The van der Waals surface area contributed by atoms with Crippen LogP contribution in [0.15, 0.2) is 24.3 Å². The minimum atomic E-state index is -0.417. The van der Waals surface area contributed by atoms with E-state index in [0.717, 1.165) is 0 Å². The van der Waals surface area contributed by atoms with E-state index >= 15 is 0 Å². The Morgan fingerprint density at radius 3 is 1.59 bits per heavy atom. The van der Waals surface area contributed by atoms with Gasteiger partial charge >= 0.3 is 12.2 Å². The molecule has 0 spiro atoms. The Morgan fingerprint density at radius 1 is 0.864 bits per heavy atom. The Hall–Kier alpha value is -2.64. The fourth-order valence-corrected chi connectivity index (χ4v) is 2.06. The molecule has 8 heteroatoms. The molecular weight excluding hydrogens is 292 g/mol. The molecule has 2 fully saturated rings. The van der Waals surface area contributed by atoms with Crippen LogP contribution in [0.1, 0.15) is 0 Å². The quantitative estimate of drug-likeness (QED) is 0.801. The zero-order chi connectivity index (χ0) is 15.4. The summed E-state index contributed by atoms with van der Waals surface area (Å²) in [5.41, 5.74) is 0. The number of amides is 2. The number of nitrogens with one attached hydrogen (secondary N) is 2. The van der Waals surface area contributed by atoms with Gasteiger partial charge in [-0.3, -0.25) is 0 Å². The molecule has 0 radical (unpaired) electrons. The Morgan fingerprint density at radius 2 is 1.27 bits per heavy atom. The second-order valence-electron chi connectivity index (χ2n) is 4.91. The molecule has 8 nitrogen and oxygen atoms in total. The van der Waals surface area contributed by atoms with Gasteiger partial charge in [-0.2, -0.15) is 0 Å². The van der Waals surface area contributed by atoms with E-state index in [1.54, 1.807) is 24.3 Å². The van der Waals surface area contributed by atoms with Gasteiger partial charge in [-0.1, -0.05) is 0 Å². The highest BCUT2D eigenvalue weighted by Crippen LogP contribution is 2.18. The van der Waals surface area contributed by atoms with Crippen molar-refractivity contribution < 1.29 is 28.5 Å². The molecule has 0 saturated carbocycles. The maximum atomic E-state index is 10.9. The normalized spacial score (nSPS) is 23.3. The van der Waals surface area contributed by atoms with Crippen molar-refractivity contribution in [1.29, 1.82) is 0 Å². The molecule has 0 aromatic heterocycles. The van der Waals surface area contributed by atoms with Crippen LogP contribution in [0, 0.1) is 0 Å². The largest absolute Gasteiger partial charge is 0.490 e. The summed E-state index contributed by atoms with van der Waals surface area (Å²) in [4.78, 5) is 21.7. The molecule has 0 aliphatic carbocycles. The number of ether oxygens (including phenoxy) is 4. The van der Waals surface area contributed by atoms with E-state index in [4.69, 9.17) is 18.9 Å². The third-order valence-corrected chi connectivity index (χ3v) is 3.19. The van der Waals surface area contributed by atoms with Crippen LogP contribution in [0.3, 0.4) is 0 Å². The molecule has 2 amide bonds. The minimum Gasteiger partial charge on any atom is -0.490 e. The molecule has 2 saturated heterocycles. The SMILES string of the molecule is O=C1NCC(COc2ccc(OCC3CNC(=O)O3)cc2)O1. The van der Waals surface area contributed by atoms with Crippen LogP contribution in [-0.2, 0) is 9.47 Å². The van der Waals surface area contributed by atoms with Crippen molar-refractivity contribution >= 4 is 12.2 Å². The van der Waals surface area contributed by atoms with E-state index in [-0.39, 0.29) is 12.2 Å². The maximum absolute atomic E-state index is 10.9. The van der Waals surface area contributed by atoms with Crippen molar-refractivity contribution in [2.24, 2.45) is 0 Å². The first kappa shape index (κ1) is 14.3. The van der Waals surface area contributed by atoms with E-state index in [1.807, 2.05) is 0 Å². The lowest BCUT2D eigenvalue weighted by atomic mass is 10.3. The van der Waals surface area contributed by atoms with Crippen LogP contribution in [-0.4, -0.2) is 50.7 Å². The molecule has 2 heterocycles. The summed E-state index contributed by atoms with van der Waals surface area (Å²) in [5.74, 6) is 1.31. The second kappa shape index (κ2) is 6.42. The summed E-state index contributed by atoms with van der Waals surface area (Å²) < 4.78 is 21.0. The molecule has 2 aliphatic heterocycles. The first-order valence-corrected chi connectivity index (χ1v) is 6.93. The summed E-state index contributed by atoms with van der Waals surface area (Å²) in [5, 5.41) is 5.12. The second-order valence-corrected chi connectivity index (χ2v) is 4.91. The van der Waals surface area contributed by atoms with Gasteiger partial charge in [0.15, 0.2) is 12.2 Å². The molecule has 1 aromatic rings. The minimum absolute atomic E-state index is 0.270. The lowest BCUT2D eigenvalue weighted by Crippen LogP contribution is -2.22. The van der Waals surface area contributed by atoms with Gasteiger partial charge in [-0.05, 0) is 24.3 Å². The molecule has 1 aromatic carbocycles. The zero-order valence-corrected chi connectivity index (χ0v) is 11.7.